The third kappa shape index (κ3) is 4.77. The van der Waals surface area contributed by atoms with Gasteiger partial charge < -0.3 is 5.32 Å². The van der Waals surface area contributed by atoms with Crippen molar-refractivity contribution in [2.45, 2.75) is 50.8 Å². The summed E-state index contributed by atoms with van der Waals surface area (Å²) in [6.07, 6.45) is 1.13. The van der Waals surface area contributed by atoms with Crippen LogP contribution in [0.15, 0.2) is 46.2 Å². The second-order valence-corrected chi connectivity index (χ2v) is 10.8. The predicted octanol–water partition coefficient (Wildman–Crippen LogP) is 4.38. The number of aromatic nitrogens is 2. The van der Waals surface area contributed by atoms with Crippen molar-refractivity contribution in [2.75, 3.05) is 16.6 Å². The van der Waals surface area contributed by atoms with Crippen molar-refractivity contribution in [2.24, 2.45) is 0 Å². The molecule has 10 heteroatoms. The Morgan fingerprint density at radius 1 is 1.25 bits per heavy atom. The number of pyridine rings is 1. The van der Waals surface area contributed by atoms with Crippen molar-refractivity contribution in [1.29, 1.82) is 0 Å². The van der Waals surface area contributed by atoms with Gasteiger partial charge in [-0.05, 0) is 51.0 Å². The number of aryl methyl sites for hydroxylation is 1. The van der Waals surface area contributed by atoms with Gasteiger partial charge >= 0.3 is 0 Å². The fourth-order valence-electron chi connectivity index (χ4n) is 3.68. The number of thiazole rings is 1. The highest BCUT2D eigenvalue weighted by molar-refractivity contribution is 7.92. The van der Waals surface area contributed by atoms with E-state index in [9.17, 15) is 12.8 Å². The molecule has 1 aliphatic rings. The van der Waals surface area contributed by atoms with Gasteiger partial charge in [0.2, 0.25) is 0 Å². The molecule has 1 fully saturated rings. The molecule has 0 unspecified atom stereocenters. The minimum atomic E-state index is -3.83. The molecule has 170 valence electrons. The molecule has 0 saturated carbocycles. The van der Waals surface area contributed by atoms with E-state index in [1.54, 1.807) is 29.9 Å². The number of hydrogen-bond donors (Lipinski definition) is 2. The molecule has 3 aromatic rings. The number of nitrogens with zero attached hydrogens (tertiary/aromatic N) is 3. The molecule has 1 saturated heterocycles. The van der Waals surface area contributed by atoms with E-state index in [4.69, 9.17) is 0 Å². The number of benzene rings is 1. The Bertz CT molecular complexity index is 1210. The first-order valence-electron chi connectivity index (χ1n) is 10.3. The molecule has 1 aromatic carbocycles. The van der Waals surface area contributed by atoms with Crippen molar-refractivity contribution in [3.05, 3.63) is 63.9 Å². The Labute approximate surface area is 191 Å². The summed E-state index contributed by atoms with van der Waals surface area (Å²) in [6.45, 7) is 8.09. The maximum atomic E-state index is 14.7. The molecule has 0 spiro atoms. The van der Waals surface area contributed by atoms with E-state index in [0.717, 1.165) is 18.5 Å². The number of sulfonamides is 1. The lowest BCUT2D eigenvalue weighted by molar-refractivity contribution is 0.00766. The first-order valence-corrected chi connectivity index (χ1v) is 12.7. The van der Waals surface area contributed by atoms with Gasteiger partial charge in [0.15, 0.2) is 10.8 Å². The number of anilines is 2. The molecule has 4 rings (SSSR count). The fourth-order valence-corrected chi connectivity index (χ4v) is 5.23. The highest BCUT2D eigenvalue weighted by Gasteiger charge is 2.35. The Hall–Kier alpha value is -2.56. The molecule has 3 heterocycles. The molecule has 0 radical (unpaired) electrons. The van der Waals surface area contributed by atoms with E-state index in [-0.39, 0.29) is 28.7 Å². The summed E-state index contributed by atoms with van der Waals surface area (Å²) < 4.78 is 42.1. The van der Waals surface area contributed by atoms with E-state index in [1.807, 2.05) is 6.07 Å². The molecule has 7 nitrogen and oxygen atoms in total. The van der Waals surface area contributed by atoms with Crippen LogP contribution >= 0.6 is 11.3 Å². The first-order chi connectivity index (χ1) is 15.2. The van der Waals surface area contributed by atoms with Crippen molar-refractivity contribution in [1.82, 2.24) is 14.9 Å². The fraction of sp³-hybridized carbons (Fsp3) is 0.364. The third-order valence-corrected chi connectivity index (χ3v) is 7.73. The zero-order valence-corrected chi connectivity index (χ0v) is 19.9. The minimum Gasteiger partial charge on any atom is -0.379 e. The lowest BCUT2D eigenvalue weighted by Gasteiger charge is -2.48. The van der Waals surface area contributed by atoms with Gasteiger partial charge in [0.05, 0.1) is 16.9 Å². The summed E-state index contributed by atoms with van der Waals surface area (Å²) in [5, 5.41) is 4.73. The number of halogens is 1. The molecular formula is C22H26FN5O2S2. The smallest absolute Gasteiger partial charge is 0.280 e. The molecular weight excluding hydrogens is 449 g/mol. The largest absolute Gasteiger partial charge is 0.379 e. The number of hydrogen-bond acceptors (Lipinski definition) is 7. The second-order valence-electron chi connectivity index (χ2n) is 8.48. The predicted molar refractivity (Wildman–Crippen MR) is 125 cm³/mol. The Balaban J connectivity index is 1.49. The van der Waals surface area contributed by atoms with Crippen LogP contribution in [-0.4, -0.2) is 35.4 Å². The zero-order chi connectivity index (χ0) is 22.9. The number of likely N-dealkylation sites (tertiary alicyclic amines) is 1. The van der Waals surface area contributed by atoms with Crippen molar-refractivity contribution < 1.29 is 12.8 Å². The second kappa shape index (κ2) is 8.76. The van der Waals surface area contributed by atoms with Crippen LogP contribution in [-0.2, 0) is 23.1 Å². The van der Waals surface area contributed by atoms with Crippen LogP contribution in [0.3, 0.4) is 0 Å². The standard InChI is InChI=1S/C22H26FN5O2S2/c1-15-19(7-8-21(26-15)32(29,30)27-20-13-31-14-25-20)24-11-17-16(5-4-6-18(17)23)12-28-10-9-22(28,2)3/h4-8,13-14,24,27H,9-12H2,1-3H3. The van der Waals surface area contributed by atoms with Gasteiger partial charge in [0, 0.05) is 36.1 Å². The van der Waals surface area contributed by atoms with Crippen LogP contribution in [0.5, 0.6) is 0 Å². The molecule has 0 amide bonds. The molecule has 0 aliphatic carbocycles. The van der Waals surface area contributed by atoms with Crippen LogP contribution in [0.4, 0.5) is 15.9 Å². The van der Waals surface area contributed by atoms with Crippen LogP contribution in [0.2, 0.25) is 0 Å². The lowest BCUT2D eigenvalue weighted by atomic mass is 9.88. The number of nitrogens with one attached hydrogen (secondary N) is 2. The quantitative estimate of drug-likeness (QED) is 0.503. The van der Waals surface area contributed by atoms with Gasteiger partial charge in [0.25, 0.3) is 10.0 Å². The Morgan fingerprint density at radius 3 is 2.69 bits per heavy atom. The summed E-state index contributed by atoms with van der Waals surface area (Å²) in [6, 6.07) is 8.24. The molecule has 0 bridgehead atoms. The molecule has 1 aliphatic heterocycles. The van der Waals surface area contributed by atoms with Crippen molar-refractivity contribution >= 4 is 32.9 Å². The summed E-state index contributed by atoms with van der Waals surface area (Å²) in [4.78, 5) is 10.5. The summed E-state index contributed by atoms with van der Waals surface area (Å²) in [5.74, 6) is -0.000260. The van der Waals surface area contributed by atoms with Gasteiger partial charge in [-0.15, -0.1) is 11.3 Å². The van der Waals surface area contributed by atoms with Crippen LogP contribution in [0.1, 0.15) is 37.1 Å². The molecule has 2 aromatic heterocycles. The number of rotatable bonds is 8. The summed E-state index contributed by atoms with van der Waals surface area (Å²) >= 11 is 1.29. The van der Waals surface area contributed by atoms with Gasteiger partial charge in [-0.25, -0.2) is 14.4 Å². The highest BCUT2D eigenvalue weighted by atomic mass is 32.2. The van der Waals surface area contributed by atoms with E-state index in [1.165, 1.54) is 23.5 Å². The molecule has 0 atom stereocenters. The van der Waals surface area contributed by atoms with Gasteiger partial charge in [0.1, 0.15) is 5.82 Å². The molecule has 2 N–H and O–H groups in total. The average molecular weight is 476 g/mol. The topological polar surface area (TPSA) is 87.2 Å². The van der Waals surface area contributed by atoms with E-state index in [2.05, 4.69) is 38.8 Å². The minimum absolute atomic E-state index is 0.0971. The summed E-state index contributed by atoms with van der Waals surface area (Å²) in [7, 11) is -3.83. The maximum Gasteiger partial charge on any atom is 0.280 e. The normalized spacial score (nSPS) is 15.9. The summed E-state index contributed by atoms with van der Waals surface area (Å²) in [5.41, 5.74) is 4.39. The Kier molecular flexibility index (Phi) is 6.19. The van der Waals surface area contributed by atoms with E-state index in [0.29, 0.717) is 23.5 Å². The average Bonchev–Trinajstić information content (AvgIpc) is 3.23. The van der Waals surface area contributed by atoms with E-state index >= 15 is 0 Å². The van der Waals surface area contributed by atoms with Crippen LogP contribution in [0.25, 0.3) is 0 Å². The van der Waals surface area contributed by atoms with Crippen LogP contribution < -0.4 is 10.0 Å². The monoisotopic (exact) mass is 475 g/mol. The zero-order valence-electron chi connectivity index (χ0n) is 18.2. The lowest BCUT2D eigenvalue weighted by Crippen LogP contribution is -2.55. The van der Waals surface area contributed by atoms with Gasteiger partial charge in [-0.2, -0.15) is 8.42 Å². The molecule has 32 heavy (non-hydrogen) atoms. The maximum absolute atomic E-state index is 14.7. The van der Waals surface area contributed by atoms with Crippen LogP contribution in [0, 0.1) is 12.7 Å². The SMILES string of the molecule is Cc1nc(S(=O)(=O)Nc2cscn2)ccc1NCc1c(F)cccc1CN1CCC1(C)C. The van der Waals surface area contributed by atoms with Gasteiger partial charge in [-0.1, -0.05) is 12.1 Å². The Morgan fingerprint density at radius 2 is 2.06 bits per heavy atom. The van der Waals surface area contributed by atoms with E-state index < -0.39 is 10.0 Å². The van der Waals surface area contributed by atoms with Crippen molar-refractivity contribution in [3.63, 3.8) is 0 Å². The third-order valence-electron chi connectivity index (χ3n) is 5.89. The highest BCUT2D eigenvalue weighted by Crippen LogP contribution is 2.32. The first kappa shape index (κ1) is 22.6. The van der Waals surface area contributed by atoms with Crippen molar-refractivity contribution in [3.8, 4) is 0 Å². The van der Waals surface area contributed by atoms with Gasteiger partial charge in [-0.3, -0.25) is 9.62 Å².